The van der Waals surface area contributed by atoms with Gasteiger partial charge in [-0.25, -0.2) is 0 Å². The molecular formula is C13H16BrClO2. The molecule has 1 rings (SSSR count). The van der Waals surface area contributed by atoms with Crippen LogP contribution in [0.3, 0.4) is 0 Å². The Morgan fingerprint density at radius 1 is 1.47 bits per heavy atom. The van der Waals surface area contributed by atoms with Gasteiger partial charge in [-0.05, 0) is 40.0 Å². The van der Waals surface area contributed by atoms with Crippen molar-refractivity contribution in [1.29, 1.82) is 0 Å². The summed E-state index contributed by atoms with van der Waals surface area (Å²) in [5.41, 5.74) is 0.849. The van der Waals surface area contributed by atoms with Crippen molar-refractivity contribution in [3.05, 3.63) is 33.3 Å². The van der Waals surface area contributed by atoms with Gasteiger partial charge < -0.3 is 4.74 Å². The molecule has 0 bridgehead atoms. The molecule has 17 heavy (non-hydrogen) atoms. The number of carbonyl (C=O) groups excluding carboxylic acids is 1. The Kier molecular flexibility index (Phi) is 6.17. The summed E-state index contributed by atoms with van der Waals surface area (Å²) in [7, 11) is 0. The van der Waals surface area contributed by atoms with Crippen LogP contribution in [0.1, 0.15) is 38.4 Å². The van der Waals surface area contributed by atoms with Crippen LogP contribution >= 0.6 is 27.5 Å². The van der Waals surface area contributed by atoms with Gasteiger partial charge in [0.15, 0.2) is 5.78 Å². The highest BCUT2D eigenvalue weighted by Gasteiger charge is 2.20. The van der Waals surface area contributed by atoms with Gasteiger partial charge in [0.05, 0.1) is 5.02 Å². The molecule has 1 aromatic carbocycles. The smallest absolute Gasteiger partial charge is 0.165 e. The number of ether oxygens (including phenoxy) is 1. The van der Waals surface area contributed by atoms with Crippen molar-refractivity contribution < 1.29 is 9.53 Å². The molecule has 0 heterocycles. The molecule has 0 aromatic heterocycles. The number of rotatable bonds is 6. The lowest BCUT2D eigenvalue weighted by Gasteiger charge is -2.16. The third-order valence-corrected chi connectivity index (χ3v) is 3.59. The molecule has 0 saturated carbocycles. The molecule has 1 aromatic rings. The summed E-state index contributed by atoms with van der Waals surface area (Å²) in [6.45, 7) is 4.44. The molecule has 0 N–H and O–H groups in total. The van der Waals surface area contributed by atoms with E-state index < -0.39 is 6.10 Å². The van der Waals surface area contributed by atoms with E-state index in [9.17, 15) is 4.79 Å². The lowest BCUT2D eigenvalue weighted by atomic mass is 10.0. The monoisotopic (exact) mass is 318 g/mol. The Bertz CT molecular complexity index is 393. The first-order valence-electron chi connectivity index (χ1n) is 5.69. The molecule has 94 valence electrons. The van der Waals surface area contributed by atoms with Crippen molar-refractivity contribution in [1.82, 2.24) is 0 Å². The first-order valence-corrected chi connectivity index (χ1v) is 6.86. The largest absolute Gasteiger partial charge is 0.366 e. The van der Waals surface area contributed by atoms with Crippen LogP contribution in [0.2, 0.25) is 5.02 Å². The molecule has 1 unspecified atom stereocenters. The Morgan fingerprint density at radius 3 is 2.71 bits per heavy atom. The highest BCUT2D eigenvalue weighted by molar-refractivity contribution is 9.10. The first-order chi connectivity index (χ1) is 8.10. The fourth-order valence-corrected chi connectivity index (χ4v) is 1.99. The van der Waals surface area contributed by atoms with Crippen molar-refractivity contribution >= 4 is 33.3 Å². The maximum absolute atomic E-state index is 11.8. The van der Waals surface area contributed by atoms with E-state index in [1.807, 2.05) is 26.0 Å². The zero-order chi connectivity index (χ0) is 12.8. The number of ketones is 1. The molecule has 0 aliphatic carbocycles. The van der Waals surface area contributed by atoms with Gasteiger partial charge in [0.1, 0.15) is 6.10 Å². The quantitative estimate of drug-likeness (QED) is 0.769. The van der Waals surface area contributed by atoms with Crippen molar-refractivity contribution in [2.45, 2.75) is 32.8 Å². The van der Waals surface area contributed by atoms with Crippen LogP contribution in [0.4, 0.5) is 0 Å². The molecule has 2 nitrogen and oxygen atoms in total. The zero-order valence-corrected chi connectivity index (χ0v) is 12.3. The first kappa shape index (κ1) is 14.7. The van der Waals surface area contributed by atoms with Gasteiger partial charge in [0.25, 0.3) is 0 Å². The average molecular weight is 320 g/mol. The maximum atomic E-state index is 11.8. The van der Waals surface area contributed by atoms with Gasteiger partial charge in [-0.3, -0.25) is 4.79 Å². The number of hydrogen-bond acceptors (Lipinski definition) is 2. The van der Waals surface area contributed by atoms with Gasteiger partial charge in [-0.15, -0.1) is 0 Å². The molecule has 4 heteroatoms. The topological polar surface area (TPSA) is 26.3 Å². The summed E-state index contributed by atoms with van der Waals surface area (Å²) >= 11 is 9.29. The molecular weight excluding hydrogens is 303 g/mol. The Balaban J connectivity index is 2.95. The van der Waals surface area contributed by atoms with Crippen LogP contribution in [0.5, 0.6) is 0 Å². The molecule has 0 aliphatic heterocycles. The van der Waals surface area contributed by atoms with E-state index in [4.69, 9.17) is 16.3 Å². The predicted molar refractivity (Wildman–Crippen MR) is 73.4 cm³/mol. The number of benzene rings is 1. The molecule has 0 fully saturated rings. The predicted octanol–water partition coefficient (Wildman–Crippen LogP) is 4.55. The summed E-state index contributed by atoms with van der Waals surface area (Å²) in [6, 6.07) is 5.45. The third-order valence-electron chi connectivity index (χ3n) is 2.38. The van der Waals surface area contributed by atoms with Crippen molar-refractivity contribution in [3.8, 4) is 0 Å². The Hall–Kier alpha value is -0.380. The van der Waals surface area contributed by atoms with Gasteiger partial charge >= 0.3 is 0 Å². The normalized spacial score (nSPS) is 12.5. The standard InChI is InChI=1S/C13H16BrClO2/c1-3-7-17-13(12(16)4-2)9-5-6-11(15)10(14)8-9/h5-6,8,13H,3-4,7H2,1-2H3. The summed E-state index contributed by atoms with van der Waals surface area (Å²) in [5, 5.41) is 0.631. The number of carbonyl (C=O) groups is 1. The number of halogens is 2. The second kappa shape index (κ2) is 7.14. The lowest BCUT2D eigenvalue weighted by molar-refractivity contribution is -0.130. The van der Waals surface area contributed by atoms with E-state index in [1.165, 1.54) is 0 Å². The van der Waals surface area contributed by atoms with Gasteiger partial charge in [0.2, 0.25) is 0 Å². The van der Waals surface area contributed by atoms with E-state index in [1.54, 1.807) is 6.07 Å². The van der Waals surface area contributed by atoms with Gasteiger partial charge in [-0.2, -0.15) is 0 Å². The van der Waals surface area contributed by atoms with Crippen LogP contribution in [0.15, 0.2) is 22.7 Å². The molecule has 0 aliphatic rings. The number of Topliss-reactive ketones (excluding diaryl/α,β-unsaturated/α-hetero) is 1. The summed E-state index contributed by atoms with van der Waals surface area (Å²) in [6.07, 6.45) is 0.880. The second-order valence-electron chi connectivity index (χ2n) is 3.74. The van der Waals surface area contributed by atoms with E-state index in [0.717, 1.165) is 16.5 Å². The lowest BCUT2D eigenvalue weighted by Crippen LogP contribution is -2.15. The minimum atomic E-state index is -0.478. The van der Waals surface area contributed by atoms with Crippen LogP contribution < -0.4 is 0 Å². The van der Waals surface area contributed by atoms with Crippen LogP contribution in [0.25, 0.3) is 0 Å². The van der Waals surface area contributed by atoms with Crippen LogP contribution in [-0.2, 0) is 9.53 Å². The van der Waals surface area contributed by atoms with E-state index in [0.29, 0.717) is 18.1 Å². The molecule has 0 amide bonds. The maximum Gasteiger partial charge on any atom is 0.165 e. The summed E-state index contributed by atoms with van der Waals surface area (Å²) in [4.78, 5) is 11.8. The third kappa shape index (κ3) is 4.09. The number of hydrogen-bond donors (Lipinski definition) is 0. The highest BCUT2D eigenvalue weighted by atomic mass is 79.9. The fourth-order valence-electron chi connectivity index (χ4n) is 1.47. The minimum absolute atomic E-state index is 0.0904. The zero-order valence-electron chi connectivity index (χ0n) is 10.0. The van der Waals surface area contributed by atoms with Crippen molar-refractivity contribution in [2.75, 3.05) is 6.61 Å². The Labute approximate surface area is 115 Å². The highest BCUT2D eigenvalue weighted by Crippen LogP contribution is 2.28. The van der Waals surface area contributed by atoms with Gasteiger partial charge in [-0.1, -0.05) is 31.5 Å². The van der Waals surface area contributed by atoms with Crippen LogP contribution in [-0.4, -0.2) is 12.4 Å². The van der Waals surface area contributed by atoms with Crippen LogP contribution in [0, 0.1) is 0 Å². The summed E-state index contributed by atoms with van der Waals surface area (Å²) < 4.78 is 6.39. The van der Waals surface area contributed by atoms with E-state index in [-0.39, 0.29) is 5.78 Å². The molecule has 0 saturated heterocycles. The molecule has 0 radical (unpaired) electrons. The van der Waals surface area contributed by atoms with E-state index in [2.05, 4.69) is 15.9 Å². The Morgan fingerprint density at radius 2 is 2.18 bits per heavy atom. The van der Waals surface area contributed by atoms with E-state index >= 15 is 0 Å². The molecule has 1 atom stereocenters. The average Bonchev–Trinajstić information content (AvgIpc) is 2.33. The van der Waals surface area contributed by atoms with Crippen molar-refractivity contribution in [3.63, 3.8) is 0 Å². The fraction of sp³-hybridized carbons (Fsp3) is 0.462. The SMILES string of the molecule is CCCOC(C(=O)CC)c1ccc(Cl)c(Br)c1. The minimum Gasteiger partial charge on any atom is -0.366 e. The second-order valence-corrected chi connectivity index (χ2v) is 5.01. The molecule has 0 spiro atoms. The van der Waals surface area contributed by atoms with Crippen molar-refractivity contribution in [2.24, 2.45) is 0 Å². The summed E-state index contributed by atoms with van der Waals surface area (Å²) in [5.74, 6) is 0.0904. The van der Waals surface area contributed by atoms with Gasteiger partial charge in [0, 0.05) is 17.5 Å².